The summed E-state index contributed by atoms with van der Waals surface area (Å²) < 4.78 is 5.86. The summed E-state index contributed by atoms with van der Waals surface area (Å²) in [6.07, 6.45) is 5.73. The lowest BCUT2D eigenvalue weighted by molar-refractivity contribution is -0.385. The van der Waals surface area contributed by atoms with Crippen LogP contribution >= 0.6 is 15.9 Å². The maximum absolute atomic E-state index is 11.9. The van der Waals surface area contributed by atoms with E-state index in [2.05, 4.69) is 31.8 Å². The van der Waals surface area contributed by atoms with Crippen LogP contribution in [0.5, 0.6) is 5.75 Å². The Morgan fingerprint density at radius 2 is 1.90 bits per heavy atom. The second-order valence-electron chi connectivity index (χ2n) is 6.96. The summed E-state index contributed by atoms with van der Waals surface area (Å²) in [6.45, 7) is -0.470. The number of nitrogens with zero attached hydrogens (tertiary/aromatic N) is 2. The minimum atomic E-state index is -0.537. The molecular formula is C21H21BrN4O5. The number of benzene rings is 2. The Morgan fingerprint density at radius 1 is 1.13 bits per heavy atom. The summed E-state index contributed by atoms with van der Waals surface area (Å²) in [6, 6.07) is 10.3. The fourth-order valence-electron chi connectivity index (χ4n) is 3.15. The van der Waals surface area contributed by atoms with Gasteiger partial charge >= 0.3 is 0 Å². The molecule has 0 saturated carbocycles. The van der Waals surface area contributed by atoms with Crippen molar-refractivity contribution < 1.29 is 19.2 Å². The number of nitrogens with one attached hydrogen (secondary N) is 2. The largest absolute Gasteiger partial charge is 0.484 e. The van der Waals surface area contributed by atoms with E-state index in [0.29, 0.717) is 15.8 Å². The molecule has 10 heteroatoms. The highest BCUT2D eigenvalue weighted by Crippen LogP contribution is 2.26. The number of carbonyl (C=O) groups excluding carboxylic acids is 2. The van der Waals surface area contributed by atoms with E-state index in [9.17, 15) is 19.7 Å². The van der Waals surface area contributed by atoms with Crippen molar-refractivity contribution in [2.24, 2.45) is 5.10 Å². The van der Waals surface area contributed by atoms with E-state index in [1.165, 1.54) is 35.9 Å². The van der Waals surface area contributed by atoms with E-state index in [-0.39, 0.29) is 18.8 Å². The number of amides is 2. The second kappa shape index (κ2) is 10.7. The number of hydrazone groups is 1. The minimum absolute atomic E-state index is 0.110. The van der Waals surface area contributed by atoms with Gasteiger partial charge in [-0.1, -0.05) is 12.1 Å². The molecule has 2 aromatic carbocycles. The quantitative estimate of drug-likeness (QED) is 0.336. The number of hydrogen-bond donors (Lipinski definition) is 2. The van der Waals surface area contributed by atoms with Crippen LogP contribution < -0.4 is 15.5 Å². The molecule has 162 valence electrons. The zero-order valence-corrected chi connectivity index (χ0v) is 18.2. The Morgan fingerprint density at radius 3 is 2.68 bits per heavy atom. The van der Waals surface area contributed by atoms with Crippen LogP contribution in [0.1, 0.15) is 29.5 Å². The number of halogens is 1. The highest BCUT2D eigenvalue weighted by atomic mass is 79.9. The number of aryl methyl sites for hydroxylation is 2. The smallest absolute Gasteiger partial charge is 0.284 e. The fraction of sp³-hybridized carbons (Fsp3) is 0.286. The SMILES string of the molecule is O=C(COc1ccc2c(c1)CCCC2)NCC(=O)NN=Cc1ccc(Br)c([N+](=O)[O-])c1. The lowest BCUT2D eigenvalue weighted by Crippen LogP contribution is -2.37. The topological polar surface area (TPSA) is 123 Å². The molecule has 1 aliphatic carbocycles. The van der Waals surface area contributed by atoms with Crippen molar-refractivity contribution in [1.29, 1.82) is 0 Å². The molecule has 0 heterocycles. The second-order valence-corrected chi connectivity index (χ2v) is 7.82. The summed E-state index contributed by atoms with van der Waals surface area (Å²) in [5, 5.41) is 17.1. The van der Waals surface area contributed by atoms with E-state index in [4.69, 9.17) is 4.74 Å². The van der Waals surface area contributed by atoms with Crippen molar-refractivity contribution in [2.45, 2.75) is 25.7 Å². The lowest BCUT2D eigenvalue weighted by Gasteiger charge is -2.16. The van der Waals surface area contributed by atoms with Crippen molar-refractivity contribution in [3.63, 3.8) is 0 Å². The van der Waals surface area contributed by atoms with Crippen molar-refractivity contribution in [2.75, 3.05) is 13.2 Å². The van der Waals surface area contributed by atoms with Crippen LogP contribution in [0.15, 0.2) is 46.0 Å². The normalized spacial score (nSPS) is 12.8. The Kier molecular flexibility index (Phi) is 7.71. The minimum Gasteiger partial charge on any atom is -0.484 e. The third kappa shape index (κ3) is 6.61. The van der Waals surface area contributed by atoms with Gasteiger partial charge in [0.1, 0.15) is 5.75 Å². The first kappa shape index (κ1) is 22.4. The molecule has 0 aliphatic heterocycles. The van der Waals surface area contributed by atoms with E-state index >= 15 is 0 Å². The van der Waals surface area contributed by atoms with Crippen LogP contribution in [-0.4, -0.2) is 36.1 Å². The van der Waals surface area contributed by atoms with Gasteiger partial charge < -0.3 is 10.1 Å². The van der Waals surface area contributed by atoms with Gasteiger partial charge in [0.15, 0.2) is 6.61 Å². The van der Waals surface area contributed by atoms with Crippen LogP contribution in [0, 0.1) is 10.1 Å². The molecular weight excluding hydrogens is 468 g/mol. The molecule has 2 aromatic rings. The number of carbonyl (C=O) groups is 2. The standard InChI is InChI=1S/C21H21BrN4O5/c22-18-8-5-14(9-19(18)26(29)30)11-24-25-20(27)12-23-21(28)13-31-17-7-6-15-3-1-2-4-16(15)10-17/h5-11H,1-4,12-13H2,(H,23,28)(H,25,27). The molecule has 2 amide bonds. The predicted molar refractivity (Wildman–Crippen MR) is 118 cm³/mol. The zero-order chi connectivity index (χ0) is 22.2. The van der Waals surface area contributed by atoms with Crippen molar-refractivity contribution >= 4 is 39.6 Å². The summed E-state index contributed by atoms with van der Waals surface area (Å²) in [5.74, 6) is -0.334. The van der Waals surface area contributed by atoms with Crippen LogP contribution in [0.4, 0.5) is 5.69 Å². The Balaban J connectivity index is 1.40. The van der Waals surface area contributed by atoms with Gasteiger partial charge in [0.25, 0.3) is 17.5 Å². The monoisotopic (exact) mass is 488 g/mol. The molecule has 0 atom stereocenters. The zero-order valence-electron chi connectivity index (χ0n) is 16.6. The first-order chi connectivity index (χ1) is 14.9. The first-order valence-corrected chi connectivity index (χ1v) is 10.5. The molecule has 3 rings (SSSR count). The molecule has 0 radical (unpaired) electrons. The van der Waals surface area contributed by atoms with Crippen molar-refractivity contribution in [3.8, 4) is 5.75 Å². The van der Waals surface area contributed by atoms with Crippen molar-refractivity contribution in [3.05, 3.63) is 67.7 Å². The number of nitro groups is 1. The first-order valence-electron chi connectivity index (χ1n) is 9.69. The maximum atomic E-state index is 11.9. The average Bonchev–Trinajstić information content (AvgIpc) is 2.77. The van der Waals surface area contributed by atoms with Gasteiger partial charge in [-0.2, -0.15) is 5.10 Å². The van der Waals surface area contributed by atoms with Gasteiger partial charge in [-0.3, -0.25) is 19.7 Å². The third-order valence-electron chi connectivity index (χ3n) is 4.71. The molecule has 9 nitrogen and oxygen atoms in total. The van der Waals surface area contributed by atoms with Crippen LogP contribution in [0.3, 0.4) is 0 Å². The Bertz CT molecular complexity index is 1020. The Labute approximate surface area is 187 Å². The summed E-state index contributed by atoms with van der Waals surface area (Å²) in [5.41, 5.74) is 5.18. The van der Waals surface area contributed by atoms with Gasteiger partial charge in [0, 0.05) is 11.6 Å². The predicted octanol–water partition coefficient (Wildman–Crippen LogP) is 2.88. The maximum Gasteiger partial charge on any atom is 0.284 e. The fourth-order valence-corrected chi connectivity index (χ4v) is 3.54. The van der Waals surface area contributed by atoms with E-state index < -0.39 is 16.7 Å². The summed E-state index contributed by atoms with van der Waals surface area (Å²) in [4.78, 5) is 34.1. The molecule has 1 aliphatic rings. The van der Waals surface area contributed by atoms with Gasteiger partial charge in [-0.25, -0.2) is 5.43 Å². The van der Waals surface area contributed by atoms with Gasteiger partial charge in [0.2, 0.25) is 0 Å². The Hall–Kier alpha value is -3.27. The summed E-state index contributed by atoms with van der Waals surface area (Å²) in [7, 11) is 0. The van der Waals surface area contributed by atoms with Crippen LogP contribution in [0.25, 0.3) is 0 Å². The average molecular weight is 489 g/mol. The van der Waals surface area contributed by atoms with Crippen LogP contribution in [0.2, 0.25) is 0 Å². The molecule has 31 heavy (non-hydrogen) atoms. The van der Waals surface area contributed by atoms with Crippen LogP contribution in [-0.2, 0) is 22.4 Å². The van der Waals surface area contributed by atoms with Crippen molar-refractivity contribution in [1.82, 2.24) is 10.7 Å². The molecule has 0 aromatic heterocycles. The number of nitro benzene ring substituents is 1. The molecule has 0 unspecified atom stereocenters. The number of ether oxygens (including phenoxy) is 1. The van der Waals surface area contributed by atoms with E-state index in [1.54, 1.807) is 6.07 Å². The highest BCUT2D eigenvalue weighted by molar-refractivity contribution is 9.10. The number of hydrogen-bond acceptors (Lipinski definition) is 6. The molecule has 2 N–H and O–H groups in total. The molecule has 0 spiro atoms. The number of rotatable bonds is 8. The molecule has 0 fully saturated rings. The summed E-state index contributed by atoms with van der Waals surface area (Å²) >= 11 is 3.09. The third-order valence-corrected chi connectivity index (χ3v) is 5.38. The van der Waals surface area contributed by atoms with E-state index in [0.717, 1.165) is 19.3 Å². The van der Waals surface area contributed by atoms with Gasteiger partial charge in [-0.05, 0) is 70.9 Å². The highest BCUT2D eigenvalue weighted by Gasteiger charge is 2.12. The van der Waals surface area contributed by atoms with Gasteiger partial charge in [-0.15, -0.1) is 0 Å². The molecule has 0 bridgehead atoms. The lowest BCUT2D eigenvalue weighted by atomic mass is 9.92. The number of fused-ring (bicyclic) bond motifs is 1. The molecule has 0 saturated heterocycles. The van der Waals surface area contributed by atoms with Gasteiger partial charge in [0.05, 0.1) is 22.2 Å². The van der Waals surface area contributed by atoms with E-state index in [1.807, 2.05) is 18.2 Å².